The molecule has 0 amide bonds. The first-order valence-electron chi connectivity index (χ1n) is 6.09. The summed E-state index contributed by atoms with van der Waals surface area (Å²) in [6.45, 7) is 6.13. The molecule has 0 aromatic heterocycles. The monoisotopic (exact) mass is 260 g/mol. The van der Waals surface area contributed by atoms with E-state index in [2.05, 4.69) is 13.8 Å². The lowest BCUT2D eigenvalue weighted by atomic mass is 10.0. The van der Waals surface area contributed by atoms with Crippen LogP contribution in [0.4, 0.5) is 13.2 Å². The van der Waals surface area contributed by atoms with Crippen LogP contribution in [0.5, 0.6) is 5.75 Å². The topological polar surface area (TPSA) is 9.23 Å². The van der Waals surface area contributed by atoms with Crippen LogP contribution in [0.1, 0.15) is 43.7 Å². The Balaban J connectivity index is 2.54. The van der Waals surface area contributed by atoms with Gasteiger partial charge in [0.15, 0.2) is 0 Å². The first kappa shape index (κ1) is 14.9. The third kappa shape index (κ3) is 4.98. The van der Waals surface area contributed by atoms with Crippen molar-refractivity contribution < 1.29 is 17.9 Å². The molecule has 0 bridgehead atoms. The normalized spacial score (nSPS) is 11.9. The van der Waals surface area contributed by atoms with Crippen molar-refractivity contribution >= 4 is 0 Å². The number of hydrogen-bond acceptors (Lipinski definition) is 1. The Morgan fingerprint density at radius 3 is 2.44 bits per heavy atom. The Morgan fingerprint density at radius 1 is 1.22 bits per heavy atom. The average molecular weight is 260 g/mol. The highest BCUT2D eigenvalue weighted by Gasteiger charge is 2.26. The number of halogens is 3. The summed E-state index contributed by atoms with van der Waals surface area (Å²) in [5.41, 5.74) is 2.08. The van der Waals surface area contributed by atoms with Gasteiger partial charge >= 0.3 is 6.18 Å². The lowest BCUT2D eigenvalue weighted by molar-refractivity contribution is -0.136. The molecule has 18 heavy (non-hydrogen) atoms. The largest absolute Gasteiger partial charge is 0.493 e. The predicted molar refractivity (Wildman–Crippen MR) is 66.1 cm³/mol. The fourth-order valence-corrected chi connectivity index (χ4v) is 1.59. The van der Waals surface area contributed by atoms with Gasteiger partial charge in [-0.1, -0.05) is 26.0 Å². The van der Waals surface area contributed by atoms with Crippen LogP contribution < -0.4 is 4.74 Å². The van der Waals surface area contributed by atoms with Gasteiger partial charge in [0.2, 0.25) is 0 Å². The highest BCUT2D eigenvalue weighted by molar-refractivity contribution is 5.37. The van der Waals surface area contributed by atoms with E-state index in [0.29, 0.717) is 11.7 Å². The van der Waals surface area contributed by atoms with E-state index in [1.807, 2.05) is 25.1 Å². The van der Waals surface area contributed by atoms with Crippen LogP contribution in [-0.2, 0) is 0 Å². The van der Waals surface area contributed by atoms with Gasteiger partial charge in [-0.3, -0.25) is 0 Å². The van der Waals surface area contributed by atoms with Crippen LogP contribution in [-0.4, -0.2) is 12.8 Å². The smallest absolute Gasteiger partial charge is 0.389 e. The number of aryl methyl sites for hydroxylation is 1. The summed E-state index contributed by atoms with van der Waals surface area (Å²) in [4.78, 5) is 0. The molecule has 0 radical (unpaired) electrons. The van der Waals surface area contributed by atoms with Gasteiger partial charge in [-0.15, -0.1) is 0 Å². The second-order valence-corrected chi connectivity index (χ2v) is 4.75. The summed E-state index contributed by atoms with van der Waals surface area (Å²) < 4.78 is 41.3. The van der Waals surface area contributed by atoms with Crippen LogP contribution in [0.15, 0.2) is 18.2 Å². The summed E-state index contributed by atoms with van der Waals surface area (Å²) in [5, 5.41) is 0. The summed E-state index contributed by atoms with van der Waals surface area (Å²) in [5.74, 6) is 1.06. The van der Waals surface area contributed by atoms with Gasteiger partial charge in [0.25, 0.3) is 0 Å². The molecule has 0 aliphatic rings. The van der Waals surface area contributed by atoms with Gasteiger partial charge in [-0.2, -0.15) is 13.2 Å². The van der Waals surface area contributed by atoms with E-state index in [1.165, 1.54) is 0 Å². The number of hydrogen-bond donors (Lipinski definition) is 0. The van der Waals surface area contributed by atoms with Crippen molar-refractivity contribution in [2.45, 2.75) is 45.7 Å². The summed E-state index contributed by atoms with van der Waals surface area (Å²) >= 11 is 0. The molecule has 0 unspecified atom stereocenters. The molecule has 0 spiro atoms. The zero-order valence-corrected chi connectivity index (χ0v) is 11.0. The maximum atomic E-state index is 12.0. The number of ether oxygens (including phenoxy) is 1. The zero-order valence-electron chi connectivity index (χ0n) is 11.0. The number of alkyl halides is 3. The minimum Gasteiger partial charge on any atom is -0.493 e. The van der Waals surface area contributed by atoms with E-state index in [0.717, 1.165) is 11.1 Å². The fourth-order valence-electron chi connectivity index (χ4n) is 1.59. The van der Waals surface area contributed by atoms with Gasteiger partial charge in [0.05, 0.1) is 6.61 Å². The highest BCUT2D eigenvalue weighted by Crippen LogP contribution is 2.25. The van der Waals surface area contributed by atoms with Crippen LogP contribution in [0, 0.1) is 6.92 Å². The molecule has 0 aliphatic carbocycles. The molecule has 1 nitrogen and oxygen atoms in total. The molecule has 102 valence electrons. The van der Waals surface area contributed by atoms with Crippen molar-refractivity contribution in [3.63, 3.8) is 0 Å². The molecule has 0 saturated carbocycles. The van der Waals surface area contributed by atoms with Gasteiger partial charge in [-0.25, -0.2) is 0 Å². The zero-order chi connectivity index (χ0) is 13.8. The van der Waals surface area contributed by atoms with Crippen LogP contribution in [0.3, 0.4) is 0 Å². The van der Waals surface area contributed by atoms with E-state index >= 15 is 0 Å². The van der Waals surface area contributed by atoms with Crippen LogP contribution in [0.25, 0.3) is 0 Å². The lowest BCUT2D eigenvalue weighted by Gasteiger charge is -2.13. The van der Waals surface area contributed by atoms with E-state index in [4.69, 9.17) is 4.74 Å². The van der Waals surface area contributed by atoms with Crippen molar-refractivity contribution in [1.29, 1.82) is 0 Å². The molecule has 4 heteroatoms. The van der Waals surface area contributed by atoms with E-state index in [-0.39, 0.29) is 13.0 Å². The molecule has 0 aliphatic heterocycles. The molecular formula is C14H19F3O. The van der Waals surface area contributed by atoms with Crippen molar-refractivity contribution in [2.75, 3.05) is 6.61 Å². The summed E-state index contributed by atoms with van der Waals surface area (Å²) in [6.07, 6.45) is -4.90. The van der Waals surface area contributed by atoms with Gasteiger partial charge < -0.3 is 4.74 Å². The molecule has 1 aromatic rings. The number of rotatable bonds is 5. The van der Waals surface area contributed by atoms with Gasteiger partial charge in [0, 0.05) is 6.42 Å². The van der Waals surface area contributed by atoms with Gasteiger partial charge in [-0.05, 0) is 36.5 Å². The SMILES string of the molecule is Cc1ccc(C(C)C)cc1OCCCC(F)(F)F. The third-order valence-electron chi connectivity index (χ3n) is 2.74. The van der Waals surface area contributed by atoms with E-state index < -0.39 is 12.6 Å². The Labute approximate surface area is 106 Å². The average Bonchev–Trinajstić information content (AvgIpc) is 2.24. The molecule has 0 atom stereocenters. The first-order valence-corrected chi connectivity index (χ1v) is 6.09. The molecule has 1 rings (SSSR count). The molecule has 0 saturated heterocycles. The maximum absolute atomic E-state index is 12.0. The highest BCUT2D eigenvalue weighted by atomic mass is 19.4. The minimum absolute atomic E-state index is 0.00511. The molecular weight excluding hydrogens is 241 g/mol. The Morgan fingerprint density at radius 2 is 1.89 bits per heavy atom. The van der Waals surface area contributed by atoms with E-state index in [1.54, 1.807) is 0 Å². The number of benzene rings is 1. The van der Waals surface area contributed by atoms with Crippen molar-refractivity contribution in [3.05, 3.63) is 29.3 Å². The van der Waals surface area contributed by atoms with Crippen molar-refractivity contribution in [1.82, 2.24) is 0 Å². The Kier molecular flexibility index (Phi) is 5.05. The molecule has 0 heterocycles. The molecule has 0 fully saturated rings. The second-order valence-electron chi connectivity index (χ2n) is 4.75. The molecule has 1 aromatic carbocycles. The van der Waals surface area contributed by atoms with E-state index in [9.17, 15) is 13.2 Å². The van der Waals surface area contributed by atoms with Crippen molar-refractivity contribution in [3.8, 4) is 5.75 Å². The summed E-state index contributed by atoms with van der Waals surface area (Å²) in [6, 6.07) is 5.87. The Hall–Kier alpha value is -1.19. The predicted octanol–water partition coefficient (Wildman–Crippen LogP) is 4.84. The van der Waals surface area contributed by atoms with Crippen LogP contribution in [0.2, 0.25) is 0 Å². The summed E-state index contributed by atoms with van der Waals surface area (Å²) in [7, 11) is 0. The Bertz CT molecular complexity index is 383. The third-order valence-corrected chi connectivity index (χ3v) is 2.74. The van der Waals surface area contributed by atoms with Crippen LogP contribution >= 0.6 is 0 Å². The molecule has 0 N–H and O–H groups in total. The van der Waals surface area contributed by atoms with Gasteiger partial charge in [0.1, 0.15) is 5.75 Å². The fraction of sp³-hybridized carbons (Fsp3) is 0.571. The second kappa shape index (κ2) is 6.12. The van der Waals surface area contributed by atoms with Crippen molar-refractivity contribution in [2.24, 2.45) is 0 Å². The maximum Gasteiger partial charge on any atom is 0.389 e. The first-order chi connectivity index (χ1) is 8.29. The minimum atomic E-state index is -4.10. The lowest BCUT2D eigenvalue weighted by Crippen LogP contribution is -2.10. The quantitative estimate of drug-likeness (QED) is 0.688. The standard InChI is InChI=1S/C14H19F3O/c1-10(2)12-6-5-11(3)13(9-12)18-8-4-7-14(15,16)17/h5-6,9-10H,4,7-8H2,1-3H3.